The molecule has 2 aromatic rings. The molecule has 0 heterocycles. The minimum Gasteiger partial charge on any atom is -0.497 e. The fraction of sp³-hybridized carbons (Fsp3) is 0.231. The molecule has 0 spiro atoms. The molecule has 78 valence electrons. The summed E-state index contributed by atoms with van der Waals surface area (Å²) in [5.41, 5.74) is 1.15. The van der Waals surface area contributed by atoms with Gasteiger partial charge >= 0.3 is 0 Å². The number of ether oxygens (including phenoxy) is 1. The highest BCUT2D eigenvalue weighted by atomic mass is 35.5. The Bertz CT molecular complexity index is 477. The zero-order valence-electron chi connectivity index (χ0n) is 8.83. The fourth-order valence-electron chi connectivity index (χ4n) is 1.62. The molecule has 2 heteroatoms. The van der Waals surface area contributed by atoms with Gasteiger partial charge in [0.15, 0.2) is 0 Å². The summed E-state index contributed by atoms with van der Waals surface area (Å²) in [6.45, 7) is 1.98. The van der Waals surface area contributed by atoms with Crippen LogP contribution in [0.3, 0.4) is 0 Å². The monoisotopic (exact) mass is 220 g/mol. The van der Waals surface area contributed by atoms with Crippen LogP contribution in [0.25, 0.3) is 10.8 Å². The van der Waals surface area contributed by atoms with Crippen LogP contribution in [0.15, 0.2) is 36.4 Å². The molecule has 0 aliphatic rings. The van der Waals surface area contributed by atoms with Crippen LogP contribution in [0, 0.1) is 0 Å². The van der Waals surface area contributed by atoms with E-state index in [2.05, 4.69) is 24.3 Å². The van der Waals surface area contributed by atoms with E-state index in [9.17, 15) is 0 Å². The van der Waals surface area contributed by atoms with E-state index in [1.165, 1.54) is 10.8 Å². The number of methoxy groups -OCH3 is 1. The predicted octanol–water partition coefficient (Wildman–Crippen LogP) is 4.15. The summed E-state index contributed by atoms with van der Waals surface area (Å²) < 4.78 is 5.17. The minimum absolute atomic E-state index is 0.0523. The SMILES string of the molecule is COc1ccc2cc(C(C)Cl)ccc2c1. The van der Waals surface area contributed by atoms with Crippen molar-refractivity contribution in [2.45, 2.75) is 12.3 Å². The third-order valence-corrected chi connectivity index (χ3v) is 2.78. The lowest BCUT2D eigenvalue weighted by Crippen LogP contribution is -1.86. The zero-order valence-corrected chi connectivity index (χ0v) is 9.58. The summed E-state index contributed by atoms with van der Waals surface area (Å²) in [4.78, 5) is 0. The van der Waals surface area contributed by atoms with Crippen LogP contribution in [0.1, 0.15) is 17.9 Å². The zero-order chi connectivity index (χ0) is 10.8. The third kappa shape index (κ3) is 2.07. The second-order valence-corrected chi connectivity index (χ2v) is 4.24. The molecule has 1 unspecified atom stereocenters. The molecule has 0 saturated heterocycles. The van der Waals surface area contributed by atoms with E-state index < -0.39 is 0 Å². The lowest BCUT2D eigenvalue weighted by atomic mass is 10.1. The highest BCUT2D eigenvalue weighted by Crippen LogP contribution is 2.26. The lowest BCUT2D eigenvalue weighted by Gasteiger charge is -2.06. The molecule has 2 aromatic carbocycles. The first-order valence-electron chi connectivity index (χ1n) is 4.92. The van der Waals surface area contributed by atoms with Gasteiger partial charge in [-0.05, 0) is 41.5 Å². The number of halogens is 1. The number of fused-ring (bicyclic) bond motifs is 1. The van der Waals surface area contributed by atoms with E-state index >= 15 is 0 Å². The van der Waals surface area contributed by atoms with Crippen molar-refractivity contribution in [3.8, 4) is 5.75 Å². The maximum Gasteiger partial charge on any atom is 0.119 e. The van der Waals surface area contributed by atoms with Crippen molar-refractivity contribution in [3.05, 3.63) is 42.0 Å². The average Bonchev–Trinajstić information content (AvgIpc) is 2.27. The normalized spacial score (nSPS) is 12.7. The highest BCUT2D eigenvalue weighted by molar-refractivity contribution is 6.20. The van der Waals surface area contributed by atoms with Crippen LogP contribution >= 0.6 is 11.6 Å². The Balaban J connectivity index is 2.55. The predicted molar refractivity (Wildman–Crippen MR) is 64.8 cm³/mol. The second-order valence-electron chi connectivity index (χ2n) is 3.59. The molecular formula is C13H13ClO. The van der Waals surface area contributed by atoms with Gasteiger partial charge in [0.25, 0.3) is 0 Å². The molecule has 0 amide bonds. The highest BCUT2D eigenvalue weighted by Gasteiger charge is 2.02. The number of hydrogen-bond acceptors (Lipinski definition) is 1. The van der Waals surface area contributed by atoms with E-state index in [0.29, 0.717) is 0 Å². The van der Waals surface area contributed by atoms with Gasteiger partial charge in [-0.2, -0.15) is 0 Å². The van der Waals surface area contributed by atoms with Crippen molar-refractivity contribution in [2.24, 2.45) is 0 Å². The first-order valence-corrected chi connectivity index (χ1v) is 5.36. The molecule has 0 aromatic heterocycles. The van der Waals surface area contributed by atoms with Crippen LogP contribution in [-0.4, -0.2) is 7.11 Å². The second kappa shape index (κ2) is 4.11. The van der Waals surface area contributed by atoms with Crippen LogP contribution in [0.5, 0.6) is 5.75 Å². The largest absolute Gasteiger partial charge is 0.497 e. The lowest BCUT2D eigenvalue weighted by molar-refractivity contribution is 0.415. The maximum atomic E-state index is 6.04. The van der Waals surface area contributed by atoms with E-state index in [1.807, 2.05) is 19.1 Å². The van der Waals surface area contributed by atoms with Crippen molar-refractivity contribution in [2.75, 3.05) is 7.11 Å². The number of hydrogen-bond donors (Lipinski definition) is 0. The minimum atomic E-state index is 0.0523. The van der Waals surface area contributed by atoms with Crippen LogP contribution in [0.4, 0.5) is 0 Å². The summed E-state index contributed by atoms with van der Waals surface area (Å²) >= 11 is 6.04. The molecular weight excluding hydrogens is 208 g/mol. The third-order valence-electron chi connectivity index (χ3n) is 2.53. The van der Waals surface area contributed by atoms with Crippen molar-refractivity contribution in [1.82, 2.24) is 0 Å². The molecule has 0 aliphatic heterocycles. The van der Waals surface area contributed by atoms with E-state index in [1.54, 1.807) is 7.11 Å². The summed E-state index contributed by atoms with van der Waals surface area (Å²) in [6, 6.07) is 12.3. The van der Waals surface area contributed by atoms with Gasteiger partial charge < -0.3 is 4.74 Å². The molecule has 1 atom stereocenters. The standard InChI is InChI=1S/C13H13ClO/c1-9(14)10-3-4-12-8-13(15-2)6-5-11(12)7-10/h3-9H,1-2H3. The molecule has 15 heavy (non-hydrogen) atoms. The topological polar surface area (TPSA) is 9.23 Å². The first-order chi connectivity index (χ1) is 7.20. The van der Waals surface area contributed by atoms with Crippen LogP contribution < -0.4 is 4.74 Å². The Hall–Kier alpha value is -1.21. The molecule has 2 rings (SSSR count). The van der Waals surface area contributed by atoms with Crippen molar-refractivity contribution < 1.29 is 4.74 Å². The Morgan fingerprint density at radius 2 is 1.73 bits per heavy atom. The van der Waals surface area contributed by atoms with Gasteiger partial charge in [-0.15, -0.1) is 11.6 Å². The molecule has 0 bridgehead atoms. The Kier molecular flexibility index (Phi) is 2.83. The molecule has 0 aliphatic carbocycles. The molecule has 0 fully saturated rings. The smallest absolute Gasteiger partial charge is 0.119 e. The Morgan fingerprint density at radius 1 is 1.07 bits per heavy atom. The Labute approximate surface area is 94.6 Å². The summed E-state index contributed by atoms with van der Waals surface area (Å²) in [6.07, 6.45) is 0. The molecule has 0 radical (unpaired) electrons. The van der Waals surface area contributed by atoms with E-state index in [-0.39, 0.29) is 5.38 Å². The van der Waals surface area contributed by atoms with Crippen molar-refractivity contribution in [3.63, 3.8) is 0 Å². The van der Waals surface area contributed by atoms with Gasteiger partial charge in [0.2, 0.25) is 0 Å². The number of alkyl halides is 1. The summed E-state index contributed by atoms with van der Waals surface area (Å²) in [7, 11) is 1.68. The van der Waals surface area contributed by atoms with Gasteiger partial charge in [0.1, 0.15) is 5.75 Å². The summed E-state index contributed by atoms with van der Waals surface area (Å²) in [5, 5.41) is 2.42. The number of benzene rings is 2. The van der Waals surface area contributed by atoms with Crippen molar-refractivity contribution in [1.29, 1.82) is 0 Å². The quantitative estimate of drug-likeness (QED) is 0.691. The van der Waals surface area contributed by atoms with Gasteiger partial charge in [0, 0.05) is 0 Å². The summed E-state index contributed by atoms with van der Waals surface area (Å²) in [5.74, 6) is 0.883. The number of rotatable bonds is 2. The van der Waals surface area contributed by atoms with E-state index in [4.69, 9.17) is 16.3 Å². The van der Waals surface area contributed by atoms with Crippen molar-refractivity contribution >= 4 is 22.4 Å². The van der Waals surface area contributed by atoms with Gasteiger partial charge in [-0.3, -0.25) is 0 Å². The molecule has 1 nitrogen and oxygen atoms in total. The fourth-order valence-corrected chi connectivity index (χ4v) is 1.75. The molecule has 0 saturated carbocycles. The molecule has 0 N–H and O–H groups in total. The Morgan fingerprint density at radius 3 is 2.40 bits per heavy atom. The van der Waals surface area contributed by atoms with Gasteiger partial charge in [-0.25, -0.2) is 0 Å². The van der Waals surface area contributed by atoms with Gasteiger partial charge in [-0.1, -0.05) is 18.2 Å². The first kappa shape index (κ1) is 10.3. The van der Waals surface area contributed by atoms with Crippen LogP contribution in [0.2, 0.25) is 0 Å². The van der Waals surface area contributed by atoms with Gasteiger partial charge in [0.05, 0.1) is 12.5 Å². The average molecular weight is 221 g/mol. The van der Waals surface area contributed by atoms with Crippen LogP contribution in [-0.2, 0) is 0 Å². The van der Waals surface area contributed by atoms with E-state index in [0.717, 1.165) is 11.3 Å². The maximum absolute atomic E-state index is 6.04.